The zero-order chi connectivity index (χ0) is 15.9. The molecule has 0 saturated carbocycles. The minimum Gasteiger partial charge on any atom is -0.507 e. The van der Waals surface area contributed by atoms with E-state index in [0.717, 1.165) is 0 Å². The second kappa shape index (κ2) is 7.24. The Morgan fingerprint density at radius 1 is 1.09 bits per heavy atom. The molecule has 0 atom stereocenters. The molecule has 0 fully saturated rings. The first-order chi connectivity index (χ1) is 10.6. The number of anilines is 1. The number of nitrogens with zero attached hydrogens (tertiary/aromatic N) is 1. The minimum atomic E-state index is -0.938. The van der Waals surface area contributed by atoms with Crippen LogP contribution >= 0.6 is 11.6 Å². The van der Waals surface area contributed by atoms with Crippen molar-refractivity contribution in [3.8, 4) is 5.75 Å². The maximum absolute atomic E-state index is 11.6. The number of hydrogen-bond donors (Lipinski definition) is 3. The van der Waals surface area contributed by atoms with Gasteiger partial charge in [-0.25, -0.2) is 5.43 Å². The van der Waals surface area contributed by atoms with Gasteiger partial charge in [-0.1, -0.05) is 29.8 Å². The van der Waals surface area contributed by atoms with Crippen LogP contribution in [0.4, 0.5) is 5.69 Å². The highest BCUT2D eigenvalue weighted by molar-refractivity contribution is 6.39. The largest absolute Gasteiger partial charge is 0.507 e. The maximum Gasteiger partial charge on any atom is 0.329 e. The number of para-hydroxylation sites is 1. The molecule has 2 amide bonds. The smallest absolute Gasteiger partial charge is 0.329 e. The molecule has 22 heavy (non-hydrogen) atoms. The van der Waals surface area contributed by atoms with E-state index in [4.69, 9.17) is 11.6 Å². The molecule has 0 radical (unpaired) electrons. The highest BCUT2D eigenvalue weighted by Gasteiger charge is 2.12. The lowest BCUT2D eigenvalue weighted by molar-refractivity contribution is -0.136. The molecule has 0 unspecified atom stereocenters. The number of phenolic OH excluding ortho intramolecular Hbond substituents is 1. The van der Waals surface area contributed by atoms with Crippen molar-refractivity contribution in [1.82, 2.24) is 5.43 Å². The Kier molecular flexibility index (Phi) is 5.11. The molecule has 2 aromatic rings. The highest BCUT2D eigenvalue weighted by Crippen LogP contribution is 2.14. The molecule has 2 rings (SSSR count). The fraction of sp³-hybridized carbons (Fsp3) is 0. The Morgan fingerprint density at radius 3 is 2.59 bits per heavy atom. The van der Waals surface area contributed by atoms with E-state index in [9.17, 15) is 14.7 Å². The van der Waals surface area contributed by atoms with Crippen molar-refractivity contribution in [3.63, 3.8) is 0 Å². The third-order valence-corrected chi connectivity index (χ3v) is 2.83. The van der Waals surface area contributed by atoms with Crippen molar-refractivity contribution in [2.24, 2.45) is 5.10 Å². The number of benzene rings is 2. The van der Waals surface area contributed by atoms with Gasteiger partial charge in [-0.05, 0) is 30.3 Å². The highest BCUT2D eigenvalue weighted by atomic mass is 35.5. The van der Waals surface area contributed by atoms with E-state index in [1.54, 1.807) is 36.4 Å². The van der Waals surface area contributed by atoms with Crippen LogP contribution in [0, 0.1) is 0 Å². The van der Waals surface area contributed by atoms with E-state index in [1.807, 2.05) is 0 Å². The molecule has 0 heterocycles. The summed E-state index contributed by atoms with van der Waals surface area (Å²) in [6.45, 7) is 0. The zero-order valence-corrected chi connectivity index (χ0v) is 12.0. The summed E-state index contributed by atoms with van der Waals surface area (Å²) in [6.07, 6.45) is 1.24. The van der Waals surface area contributed by atoms with Gasteiger partial charge in [0.25, 0.3) is 0 Å². The number of phenols is 1. The Hall–Kier alpha value is -2.86. The van der Waals surface area contributed by atoms with Crippen molar-refractivity contribution in [1.29, 1.82) is 0 Å². The summed E-state index contributed by atoms with van der Waals surface area (Å²) < 4.78 is 0. The lowest BCUT2D eigenvalue weighted by Gasteiger charge is -2.04. The van der Waals surface area contributed by atoms with Crippen LogP contribution in [0.1, 0.15) is 5.56 Å². The van der Waals surface area contributed by atoms with Crippen molar-refractivity contribution < 1.29 is 14.7 Å². The van der Waals surface area contributed by atoms with Crippen LogP contribution in [0.3, 0.4) is 0 Å². The fourth-order valence-electron chi connectivity index (χ4n) is 1.56. The molecule has 0 aliphatic carbocycles. The Morgan fingerprint density at radius 2 is 1.86 bits per heavy atom. The number of carbonyl (C=O) groups excluding carboxylic acids is 2. The van der Waals surface area contributed by atoms with Crippen molar-refractivity contribution in [2.75, 3.05) is 5.32 Å². The van der Waals surface area contributed by atoms with E-state index in [2.05, 4.69) is 15.8 Å². The van der Waals surface area contributed by atoms with E-state index >= 15 is 0 Å². The summed E-state index contributed by atoms with van der Waals surface area (Å²) in [5, 5.41) is 15.9. The number of amides is 2. The summed E-state index contributed by atoms with van der Waals surface area (Å²) >= 11 is 5.78. The zero-order valence-electron chi connectivity index (χ0n) is 11.3. The van der Waals surface area contributed by atoms with Crippen LogP contribution in [0.2, 0.25) is 5.02 Å². The van der Waals surface area contributed by atoms with Gasteiger partial charge < -0.3 is 10.4 Å². The third-order valence-electron chi connectivity index (χ3n) is 2.60. The predicted octanol–water partition coefficient (Wildman–Crippen LogP) is 2.13. The van der Waals surface area contributed by atoms with Crippen molar-refractivity contribution in [3.05, 3.63) is 59.1 Å². The standard InChI is InChI=1S/C15H12ClN3O3/c16-11-5-3-6-12(8-11)18-14(21)15(22)19-17-9-10-4-1-2-7-13(10)20/h1-9,20H,(H,18,21)(H,19,22). The van der Waals surface area contributed by atoms with Gasteiger partial charge in [0.05, 0.1) is 6.21 Å². The van der Waals surface area contributed by atoms with Gasteiger partial charge in [-0.2, -0.15) is 5.10 Å². The SMILES string of the molecule is O=C(NN=Cc1ccccc1O)C(=O)Nc1cccc(Cl)c1. The Bertz CT molecular complexity index is 731. The van der Waals surface area contributed by atoms with Gasteiger partial charge in [0, 0.05) is 16.3 Å². The van der Waals surface area contributed by atoms with E-state index in [-0.39, 0.29) is 5.75 Å². The number of carbonyl (C=O) groups is 2. The first kappa shape index (κ1) is 15.5. The number of aromatic hydroxyl groups is 1. The second-order valence-corrected chi connectivity index (χ2v) is 4.66. The quantitative estimate of drug-likeness (QED) is 0.460. The third kappa shape index (κ3) is 4.32. The van der Waals surface area contributed by atoms with E-state index in [1.165, 1.54) is 18.3 Å². The monoisotopic (exact) mass is 317 g/mol. The second-order valence-electron chi connectivity index (χ2n) is 4.22. The molecule has 2 aromatic carbocycles. The maximum atomic E-state index is 11.6. The van der Waals surface area contributed by atoms with Crippen molar-refractivity contribution >= 4 is 35.3 Å². The summed E-state index contributed by atoms with van der Waals surface area (Å²) in [5.41, 5.74) is 2.88. The minimum absolute atomic E-state index is 0.0175. The number of nitrogens with one attached hydrogen (secondary N) is 2. The number of hydrazone groups is 1. The topological polar surface area (TPSA) is 90.8 Å². The molecule has 3 N–H and O–H groups in total. The molecule has 7 heteroatoms. The average Bonchev–Trinajstić information content (AvgIpc) is 2.49. The molecule has 0 aliphatic rings. The lowest BCUT2D eigenvalue weighted by Crippen LogP contribution is -2.32. The van der Waals surface area contributed by atoms with Gasteiger partial charge >= 0.3 is 11.8 Å². The van der Waals surface area contributed by atoms with Crippen LogP contribution in [-0.2, 0) is 9.59 Å². The molecular weight excluding hydrogens is 306 g/mol. The molecule has 112 valence electrons. The molecular formula is C15H12ClN3O3. The molecule has 0 saturated heterocycles. The first-order valence-corrected chi connectivity index (χ1v) is 6.62. The Labute approximate surface area is 131 Å². The van der Waals surface area contributed by atoms with Gasteiger partial charge in [0.2, 0.25) is 0 Å². The van der Waals surface area contributed by atoms with Crippen LogP contribution in [0.15, 0.2) is 53.6 Å². The molecule has 0 bridgehead atoms. The number of hydrogen-bond acceptors (Lipinski definition) is 4. The predicted molar refractivity (Wildman–Crippen MR) is 83.9 cm³/mol. The van der Waals surface area contributed by atoms with E-state index < -0.39 is 11.8 Å². The summed E-state index contributed by atoms with van der Waals surface area (Å²) in [4.78, 5) is 23.2. The molecule has 0 spiro atoms. The number of rotatable bonds is 3. The van der Waals surface area contributed by atoms with Crippen LogP contribution in [0.25, 0.3) is 0 Å². The summed E-state index contributed by atoms with van der Waals surface area (Å²) in [6, 6.07) is 12.9. The fourth-order valence-corrected chi connectivity index (χ4v) is 1.75. The molecule has 0 aromatic heterocycles. The van der Waals surface area contributed by atoms with Crippen LogP contribution < -0.4 is 10.7 Å². The average molecular weight is 318 g/mol. The van der Waals surface area contributed by atoms with Gasteiger partial charge in [0.15, 0.2) is 0 Å². The van der Waals surface area contributed by atoms with Gasteiger partial charge in [-0.15, -0.1) is 0 Å². The Balaban J connectivity index is 1.92. The molecule has 0 aliphatic heterocycles. The normalized spacial score (nSPS) is 10.4. The first-order valence-electron chi connectivity index (χ1n) is 6.24. The van der Waals surface area contributed by atoms with Crippen LogP contribution in [-0.4, -0.2) is 23.1 Å². The van der Waals surface area contributed by atoms with E-state index in [0.29, 0.717) is 16.3 Å². The lowest BCUT2D eigenvalue weighted by atomic mass is 10.2. The molecule has 6 nitrogen and oxygen atoms in total. The number of halogens is 1. The van der Waals surface area contributed by atoms with Gasteiger partial charge in [-0.3, -0.25) is 9.59 Å². The summed E-state index contributed by atoms with van der Waals surface area (Å²) in [7, 11) is 0. The van der Waals surface area contributed by atoms with Crippen LogP contribution in [0.5, 0.6) is 5.75 Å². The van der Waals surface area contributed by atoms with Crippen molar-refractivity contribution in [2.45, 2.75) is 0 Å². The van der Waals surface area contributed by atoms with Gasteiger partial charge in [0.1, 0.15) is 5.75 Å². The summed E-state index contributed by atoms with van der Waals surface area (Å²) in [5.74, 6) is -1.80.